The monoisotopic (exact) mass is 708 g/mol. The third-order valence-electron chi connectivity index (χ3n) is 13.7. The van der Waals surface area contributed by atoms with Gasteiger partial charge in [0.15, 0.2) is 0 Å². The molecule has 0 aliphatic heterocycles. The molecule has 0 saturated heterocycles. The third kappa shape index (κ3) is 4.64. The van der Waals surface area contributed by atoms with Crippen molar-refractivity contribution in [2.75, 3.05) is 0 Å². The van der Waals surface area contributed by atoms with Gasteiger partial charge < -0.3 is 0 Å². The Balaban J connectivity index is 1.02. The van der Waals surface area contributed by atoms with Crippen LogP contribution < -0.4 is 0 Å². The van der Waals surface area contributed by atoms with Crippen LogP contribution in [0.25, 0.3) is 88.6 Å². The molecule has 0 amide bonds. The first-order chi connectivity index (χ1) is 26.3. The van der Waals surface area contributed by atoms with Crippen molar-refractivity contribution in [3.05, 3.63) is 154 Å². The molecule has 8 aromatic carbocycles. The average Bonchev–Trinajstić information content (AvgIpc) is 3.39. The van der Waals surface area contributed by atoms with Crippen molar-refractivity contribution in [1.29, 1.82) is 0 Å². The summed E-state index contributed by atoms with van der Waals surface area (Å²) in [6.07, 6.45) is 8.51. The summed E-state index contributed by atoms with van der Waals surface area (Å²) >= 11 is 0. The molecule has 0 bridgehead atoms. The van der Waals surface area contributed by atoms with Crippen LogP contribution >= 0.6 is 0 Å². The highest BCUT2D eigenvalue weighted by atomic mass is 14.4. The maximum atomic E-state index is 2.50. The molecule has 3 aliphatic rings. The number of hydrogen-bond acceptors (Lipinski definition) is 0. The van der Waals surface area contributed by atoms with Crippen molar-refractivity contribution in [3.8, 4) is 33.4 Å². The molecule has 11 rings (SSSR count). The Bertz CT molecular complexity index is 3020. The van der Waals surface area contributed by atoms with Gasteiger partial charge in [-0.15, -0.1) is 0 Å². The lowest BCUT2D eigenvalue weighted by Crippen LogP contribution is -2.17. The molecule has 0 radical (unpaired) electrons. The van der Waals surface area contributed by atoms with Crippen LogP contribution in [0.5, 0.6) is 0 Å². The smallest absolute Gasteiger partial charge is 0.0159 e. The van der Waals surface area contributed by atoms with Gasteiger partial charge in [0, 0.05) is 11.3 Å². The summed E-state index contributed by atoms with van der Waals surface area (Å²) in [6, 6.07) is 42.8. The van der Waals surface area contributed by atoms with Gasteiger partial charge >= 0.3 is 0 Å². The first-order valence-corrected chi connectivity index (χ1v) is 20.3. The van der Waals surface area contributed by atoms with E-state index in [4.69, 9.17) is 0 Å². The first kappa shape index (κ1) is 32.9. The van der Waals surface area contributed by atoms with Crippen LogP contribution in [-0.2, 0) is 10.8 Å². The Hall–Kier alpha value is -5.46. The first-order valence-electron chi connectivity index (χ1n) is 20.3. The Kier molecular flexibility index (Phi) is 6.50. The quantitative estimate of drug-likeness (QED) is 0.157. The van der Waals surface area contributed by atoms with Gasteiger partial charge in [-0.2, -0.15) is 0 Å². The van der Waals surface area contributed by atoms with Crippen molar-refractivity contribution in [2.24, 2.45) is 5.41 Å². The van der Waals surface area contributed by atoms with E-state index >= 15 is 0 Å². The van der Waals surface area contributed by atoms with Crippen LogP contribution in [-0.4, -0.2) is 0 Å². The van der Waals surface area contributed by atoms with E-state index in [1.165, 1.54) is 110 Å². The fourth-order valence-corrected chi connectivity index (χ4v) is 10.5. The molecule has 1 atom stereocenters. The number of rotatable bonds is 2. The number of allylic oxidation sites excluding steroid dienone is 2. The van der Waals surface area contributed by atoms with Crippen LogP contribution in [0.2, 0.25) is 0 Å². The number of benzene rings is 8. The minimum atomic E-state index is -0.133. The third-order valence-corrected chi connectivity index (χ3v) is 13.7. The van der Waals surface area contributed by atoms with E-state index in [1.54, 1.807) is 5.57 Å². The summed E-state index contributed by atoms with van der Waals surface area (Å²) in [6.45, 7) is 18.8. The molecule has 0 heterocycles. The molecule has 0 fully saturated rings. The van der Waals surface area contributed by atoms with E-state index in [0.717, 1.165) is 6.42 Å². The molecule has 0 nitrogen and oxygen atoms in total. The second kappa shape index (κ2) is 10.9. The number of fused-ring (bicyclic) bond motifs is 3. The van der Waals surface area contributed by atoms with Gasteiger partial charge in [-0.3, -0.25) is 0 Å². The summed E-state index contributed by atoms with van der Waals surface area (Å²) < 4.78 is 0. The predicted octanol–water partition coefficient (Wildman–Crippen LogP) is 15.6. The summed E-state index contributed by atoms with van der Waals surface area (Å²) in [5.74, 6) is 0.443. The molecule has 0 heteroatoms. The van der Waals surface area contributed by atoms with Gasteiger partial charge in [0.05, 0.1) is 0 Å². The Labute approximate surface area is 325 Å². The van der Waals surface area contributed by atoms with Gasteiger partial charge in [-0.25, -0.2) is 0 Å². The minimum absolute atomic E-state index is 0.103. The largest absolute Gasteiger partial charge is 0.0760 e. The topological polar surface area (TPSA) is 0 Å². The van der Waals surface area contributed by atoms with Crippen molar-refractivity contribution in [1.82, 2.24) is 0 Å². The summed E-state index contributed by atoms with van der Waals surface area (Å²) in [5, 5.41) is 10.9. The molecule has 8 aromatic rings. The summed E-state index contributed by atoms with van der Waals surface area (Å²) in [7, 11) is 0. The second-order valence-electron chi connectivity index (χ2n) is 19.4. The lowest BCUT2D eigenvalue weighted by molar-refractivity contribution is 0.477. The van der Waals surface area contributed by atoms with Gasteiger partial charge in [0.25, 0.3) is 0 Å². The van der Waals surface area contributed by atoms with E-state index in [9.17, 15) is 0 Å². The zero-order chi connectivity index (χ0) is 37.8. The standard InChI is InChI=1S/C55H48/c1-53(2,3)39-25-35-11-9-31-13-19-41(45-23-17-37(27-39)49(35)51(31)45)33-15-21-43-44-22-16-34(30-48(44)55(7,8)47(43)29-33)42-20-14-32-10-12-36-26-40(54(4,5)6)28-38-18-24-46(42)52(32)50(36)38/h9-27,29-30,38H,28H2,1-8H3. The van der Waals surface area contributed by atoms with Gasteiger partial charge in [-0.1, -0.05) is 176 Å². The van der Waals surface area contributed by atoms with E-state index in [0.29, 0.717) is 5.92 Å². The Morgan fingerprint density at radius 2 is 1.09 bits per heavy atom. The molecule has 268 valence electrons. The van der Waals surface area contributed by atoms with E-state index < -0.39 is 0 Å². The van der Waals surface area contributed by atoms with Gasteiger partial charge in [0.1, 0.15) is 0 Å². The predicted molar refractivity (Wildman–Crippen MR) is 239 cm³/mol. The van der Waals surface area contributed by atoms with Gasteiger partial charge in [0.2, 0.25) is 0 Å². The lowest BCUT2D eigenvalue weighted by atomic mass is 9.70. The minimum Gasteiger partial charge on any atom is -0.0760 e. The highest BCUT2D eigenvalue weighted by Gasteiger charge is 2.37. The molecule has 0 saturated carbocycles. The fourth-order valence-electron chi connectivity index (χ4n) is 10.5. The molecule has 0 aromatic heterocycles. The van der Waals surface area contributed by atoms with Crippen LogP contribution in [0.4, 0.5) is 0 Å². The van der Waals surface area contributed by atoms with Crippen molar-refractivity contribution in [3.63, 3.8) is 0 Å². The molecule has 0 N–H and O–H groups in total. The molecule has 55 heavy (non-hydrogen) atoms. The maximum Gasteiger partial charge on any atom is 0.0159 e. The van der Waals surface area contributed by atoms with Gasteiger partial charge in [-0.05, 0) is 139 Å². The highest BCUT2D eigenvalue weighted by Crippen LogP contribution is 2.53. The highest BCUT2D eigenvalue weighted by molar-refractivity contribution is 6.25. The zero-order valence-electron chi connectivity index (χ0n) is 33.4. The average molecular weight is 709 g/mol. The van der Waals surface area contributed by atoms with E-state index in [-0.39, 0.29) is 16.2 Å². The van der Waals surface area contributed by atoms with Crippen LogP contribution in [0.3, 0.4) is 0 Å². The lowest BCUT2D eigenvalue weighted by Gasteiger charge is -2.34. The van der Waals surface area contributed by atoms with Crippen molar-refractivity contribution < 1.29 is 0 Å². The molecule has 1 unspecified atom stereocenters. The zero-order valence-corrected chi connectivity index (χ0v) is 33.4. The summed E-state index contributed by atoms with van der Waals surface area (Å²) in [5.41, 5.74) is 18.2. The van der Waals surface area contributed by atoms with E-state index in [1.807, 2.05) is 0 Å². The van der Waals surface area contributed by atoms with Crippen LogP contribution in [0, 0.1) is 5.41 Å². The molecule has 3 aliphatic carbocycles. The number of hydrogen-bond donors (Lipinski definition) is 0. The maximum absolute atomic E-state index is 2.50. The van der Waals surface area contributed by atoms with Crippen LogP contribution in [0.1, 0.15) is 101 Å². The van der Waals surface area contributed by atoms with Crippen LogP contribution in [0.15, 0.2) is 121 Å². The SMILES string of the molecule is CC(C)(C)C1=Cc2ccc3ccc(-c4ccc5c(c4)C(C)(C)c4cc(-c6ccc7ccc8cc(C(C)(C)C)cc9ccc6c7c89)ccc4-5)c4c3c2C(C=C4)C1. The molecular formula is C55H48. The Morgan fingerprint density at radius 3 is 1.76 bits per heavy atom. The fraction of sp³-hybridized carbons (Fsp3) is 0.236. The Morgan fingerprint density at radius 1 is 0.527 bits per heavy atom. The van der Waals surface area contributed by atoms with Crippen molar-refractivity contribution >= 4 is 55.2 Å². The summed E-state index contributed by atoms with van der Waals surface area (Å²) in [4.78, 5) is 0. The molecule has 0 spiro atoms. The van der Waals surface area contributed by atoms with Crippen molar-refractivity contribution in [2.45, 2.75) is 78.6 Å². The normalized spacial score (nSPS) is 17.0. The second-order valence-corrected chi connectivity index (χ2v) is 19.4. The molecular weight excluding hydrogens is 661 g/mol. The van der Waals surface area contributed by atoms with E-state index in [2.05, 4.69) is 183 Å².